The van der Waals surface area contributed by atoms with Crippen molar-refractivity contribution in [1.29, 1.82) is 0 Å². The maximum absolute atomic E-state index is 12.7. The topological polar surface area (TPSA) is 72.9 Å². The number of nitrogens with one attached hydrogen (secondary N) is 1. The number of anilines is 1. The van der Waals surface area contributed by atoms with Crippen molar-refractivity contribution in [2.45, 2.75) is 13.0 Å². The molecule has 2 aliphatic heterocycles. The van der Waals surface area contributed by atoms with E-state index in [9.17, 15) is 4.79 Å². The molecule has 1 amide bonds. The number of ether oxygens (including phenoxy) is 3. The summed E-state index contributed by atoms with van der Waals surface area (Å²) in [5, 5.41) is 3.31. The summed E-state index contributed by atoms with van der Waals surface area (Å²) >= 11 is 5.80. The highest BCUT2D eigenvalue weighted by molar-refractivity contribution is 6.29. The summed E-state index contributed by atoms with van der Waals surface area (Å²) in [6.45, 7) is 1.68. The van der Waals surface area contributed by atoms with Crippen LogP contribution in [-0.2, 0) is 13.0 Å². The minimum absolute atomic E-state index is 0.0931. The zero-order chi connectivity index (χ0) is 18.3. The first-order chi connectivity index (χ1) is 12.6. The first-order valence-corrected chi connectivity index (χ1v) is 8.59. The second kappa shape index (κ2) is 6.66. The largest absolute Gasteiger partial charge is 0.492 e. The molecule has 0 saturated carbocycles. The number of rotatable bonds is 3. The molecule has 2 aliphatic rings. The molecule has 0 atom stereocenters. The smallest absolute Gasteiger partial charge is 0.257 e. The standard InChI is InChI=1S/C18H18ClN3O4/c1-22-6-5-11-12(8-22)15(24-2)17-16(25-9-26-17)14(11)21-18(23)10-3-4-13(19)20-7-10/h3-4,7H,5-6,8-9H2,1-2H3,(H,21,23). The van der Waals surface area contributed by atoms with Crippen LogP contribution in [0.25, 0.3) is 0 Å². The zero-order valence-electron chi connectivity index (χ0n) is 14.5. The number of hydrogen-bond donors (Lipinski definition) is 1. The quantitative estimate of drug-likeness (QED) is 0.831. The van der Waals surface area contributed by atoms with Gasteiger partial charge in [-0.2, -0.15) is 0 Å². The van der Waals surface area contributed by atoms with Crippen LogP contribution >= 0.6 is 11.6 Å². The van der Waals surface area contributed by atoms with Crippen molar-refractivity contribution >= 4 is 23.2 Å². The van der Waals surface area contributed by atoms with E-state index in [2.05, 4.69) is 15.2 Å². The number of nitrogens with zero attached hydrogens (tertiary/aromatic N) is 2. The van der Waals surface area contributed by atoms with Crippen molar-refractivity contribution in [2.24, 2.45) is 0 Å². The van der Waals surface area contributed by atoms with Crippen LogP contribution in [0.5, 0.6) is 17.2 Å². The van der Waals surface area contributed by atoms with Gasteiger partial charge in [0.15, 0.2) is 11.5 Å². The monoisotopic (exact) mass is 375 g/mol. The molecule has 26 heavy (non-hydrogen) atoms. The summed E-state index contributed by atoms with van der Waals surface area (Å²) in [7, 11) is 3.66. The molecule has 4 rings (SSSR count). The summed E-state index contributed by atoms with van der Waals surface area (Å²) in [4.78, 5) is 18.9. The van der Waals surface area contributed by atoms with Crippen LogP contribution in [0.2, 0.25) is 5.15 Å². The van der Waals surface area contributed by atoms with Crippen LogP contribution in [0, 0.1) is 0 Å². The van der Waals surface area contributed by atoms with Crippen molar-refractivity contribution in [2.75, 3.05) is 32.8 Å². The van der Waals surface area contributed by atoms with E-state index in [0.717, 1.165) is 24.1 Å². The Morgan fingerprint density at radius 1 is 1.31 bits per heavy atom. The summed E-state index contributed by atoms with van der Waals surface area (Å²) in [5.41, 5.74) is 3.08. The average Bonchev–Trinajstić information content (AvgIpc) is 3.11. The number of methoxy groups -OCH3 is 1. The highest BCUT2D eigenvalue weighted by Gasteiger charge is 2.33. The third kappa shape index (κ3) is 2.83. The Labute approximate surface area is 155 Å². The van der Waals surface area contributed by atoms with Gasteiger partial charge in [-0.05, 0) is 31.2 Å². The van der Waals surface area contributed by atoms with Gasteiger partial charge in [-0.15, -0.1) is 0 Å². The molecule has 1 aromatic heterocycles. The molecule has 136 valence electrons. The number of likely N-dealkylation sites (N-methyl/N-ethyl adjacent to an activating group) is 1. The molecule has 3 heterocycles. The van der Waals surface area contributed by atoms with Crippen molar-refractivity contribution in [3.8, 4) is 17.2 Å². The van der Waals surface area contributed by atoms with Crippen LogP contribution < -0.4 is 19.5 Å². The number of benzene rings is 1. The maximum Gasteiger partial charge on any atom is 0.257 e. The van der Waals surface area contributed by atoms with Gasteiger partial charge in [0, 0.05) is 24.8 Å². The number of pyridine rings is 1. The molecule has 0 bridgehead atoms. The lowest BCUT2D eigenvalue weighted by Gasteiger charge is -2.29. The predicted octanol–water partition coefficient (Wildman–Crippen LogP) is 2.71. The van der Waals surface area contributed by atoms with Crippen LogP contribution in [0.3, 0.4) is 0 Å². The molecule has 0 fully saturated rings. The summed E-state index contributed by atoms with van der Waals surface area (Å²) < 4.78 is 16.9. The van der Waals surface area contributed by atoms with Gasteiger partial charge in [-0.25, -0.2) is 4.98 Å². The van der Waals surface area contributed by atoms with Crippen LogP contribution in [0.15, 0.2) is 18.3 Å². The normalized spacial score (nSPS) is 15.5. The summed E-state index contributed by atoms with van der Waals surface area (Å²) in [5.74, 6) is 1.44. The number of aromatic nitrogens is 1. The average molecular weight is 376 g/mol. The van der Waals surface area contributed by atoms with Gasteiger partial charge in [0.25, 0.3) is 5.91 Å². The number of amides is 1. The third-order valence-electron chi connectivity index (χ3n) is 4.59. The third-order valence-corrected chi connectivity index (χ3v) is 4.81. The van der Waals surface area contributed by atoms with Crippen LogP contribution in [-0.4, -0.2) is 43.3 Å². The fourth-order valence-electron chi connectivity index (χ4n) is 3.33. The lowest BCUT2D eigenvalue weighted by Crippen LogP contribution is -2.28. The van der Waals surface area contributed by atoms with Gasteiger partial charge >= 0.3 is 0 Å². The van der Waals surface area contributed by atoms with Crippen LogP contribution in [0.1, 0.15) is 21.5 Å². The van der Waals surface area contributed by atoms with Gasteiger partial charge in [0.05, 0.1) is 18.4 Å². The number of carbonyl (C=O) groups is 1. The van der Waals surface area contributed by atoms with E-state index < -0.39 is 0 Å². The van der Waals surface area contributed by atoms with E-state index in [1.807, 2.05) is 7.05 Å². The second-order valence-corrected chi connectivity index (χ2v) is 6.63. The SMILES string of the molecule is COc1c2c(c(NC(=O)c3ccc(Cl)nc3)c3c1OCO3)CCN(C)C2. The van der Waals surface area contributed by atoms with E-state index in [4.69, 9.17) is 25.8 Å². The fraction of sp³-hybridized carbons (Fsp3) is 0.333. The molecule has 1 aromatic carbocycles. The number of fused-ring (bicyclic) bond motifs is 2. The lowest BCUT2D eigenvalue weighted by molar-refractivity contribution is 0.102. The fourth-order valence-corrected chi connectivity index (χ4v) is 3.45. The Bertz CT molecular complexity index is 870. The summed E-state index contributed by atoms with van der Waals surface area (Å²) in [6.07, 6.45) is 2.21. The number of carbonyl (C=O) groups excluding carboxylic acids is 1. The van der Waals surface area contributed by atoms with Gasteiger partial charge < -0.3 is 24.4 Å². The molecular weight excluding hydrogens is 358 g/mol. The Morgan fingerprint density at radius 3 is 2.85 bits per heavy atom. The van der Waals surface area contributed by atoms with Gasteiger partial charge in [0.1, 0.15) is 5.15 Å². The second-order valence-electron chi connectivity index (χ2n) is 6.24. The molecule has 8 heteroatoms. The van der Waals surface area contributed by atoms with Gasteiger partial charge in [0.2, 0.25) is 12.5 Å². The maximum atomic E-state index is 12.7. The molecule has 7 nitrogen and oxygen atoms in total. The van der Waals surface area contributed by atoms with Gasteiger partial charge in [-0.3, -0.25) is 4.79 Å². The van der Waals surface area contributed by atoms with Crippen molar-refractivity contribution in [1.82, 2.24) is 9.88 Å². The van der Waals surface area contributed by atoms with Crippen molar-refractivity contribution in [3.05, 3.63) is 40.2 Å². The lowest BCUT2D eigenvalue weighted by atomic mass is 9.95. The summed E-state index contributed by atoms with van der Waals surface area (Å²) in [6, 6.07) is 3.21. The van der Waals surface area contributed by atoms with Crippen molar-refractivity contribution < 1.29 is 19.0 Å². The first kappa shape index (κ1) is 16.9. The van der Waals surface area contributed by atoms with E-state index in [1.165, 1.54) is 6.20 Å². The van der Waals surface area contributed by atoms with E-state index >= 15 is 0 Å². The highest BCUT2D eigenvalue weighted by Crippen LogP contribution is 2.52. The molecule has 0 aliphatic carbocycles. The minimum atomic E-state index is -0.279. The molecule has 2 aromatic rings. The Morgan fingerprint density at radius 2 is 2.12 bits per heavy atom. The molecule has 0 spiro atoms. The minimum Gasteiger partial charge on any atom is -0.492 e. The highest BCUT2D eigenvalue weighted by atomic mass is 35.5. The Balaban J connectivity index is 1.78. The predicted molar refractivity (Wildman–Crippen MR) is 96.4 cm³/mol. The Kier molecular flexibility index (Phi) is 4.34. The first-order valence-electron chi connectivity index (χ1n) is 8.21. The molecular formula is C18H18ClN3O4. The van der Waals surface area contributed by atoms with Crippen molar-refractivity contribution in [3.63, 3.8) is 0 Å². The number of halogens is 1. The van der Waals surface area contributed by atoms with Crippen LogP contribution in [0.4, 0.5) is 5.69 Å². The van der Waals surface area contributed by atoms with Gasteiger partial charge in [-0.1, -0.05) is 11.6 Å². The molecule has 1 N–H and O–H groups in total. The van der Waals surface area contributed by atoms with E-state index in [0.29, 0.717) is 40.2 Å². The Hall–Kier alpha value is -2.51. The molecule has 0 saturated heterocycles. The molecule has 0 radical (unpaired) electrons. The van der Waals surface area contributed by atoms with E-state index in [-0.39, 0.29) is 12.7 Å². The zero-order valence-corrected chi connectivity index (χ0v) is 15.2. The van der Waals surface area contributed by atoms with E-state index in [1.54, 1.807) is 19.2 Å². The number of hydrogen-bond acceptors (Lipinski definition) is 6. The molecule has 0 unspecified atom stereocenters.